The monoisotopic (exact) mass is 417 g/mol. The van der Waals surface area contributed by atoms with Crippen molar-refractivity contribution in [1.82, 2.24) is 4.90 Å². The molecule has 1 aliphatic rings. The molecule has 2 aromatic carbocycles. The van der Waals surface area contributed by atoms with Crippen molar-refractivity contribution in [3.8, 4) is 0 Å². The van der Waals surface area contributed by atoms with Crippen molar-refractivity contribution in [1.29, 1.82) is 0 Å². The second-order valence-corrected chi connectivity index (χ2v) is 8.52. The van der Waals surface area contributed by atoms with Gasteiger partial charge in [-0.15, -0.1) is 11.8 Å². The van der Waals surface area contributed by atoms with E-state index in [9.17, 15) is 9.59 Å². The van der Waals surface area contributed by atoms with Crippen LogP contribution in [0.3, 0.4) is 0 Å². The van der Waals surface area contributed by atoms with E-state index < -0.39 is 6.04 Å². The normalized spacial score (nSPS) is 19.1. The molecule has 28 heavy (non-hydrogen) atoms. The standard InChI is InChI=1S/C22H24ClNO3S/c1-15(2)27-22(26)19-14-28-21(17-10-6-7-11-18(17)23)24(19)20(25)13-12-16-8-4-3-5-9-16/h3-11,15,19,21H,12-14H2,1-2H3. The molecule has 148 valence electrons. The molecule has 2 unspecified atom stereocenters. The largest absolute Gasteiger partial charge is 0.461 e. The van der Waals surface area contributed by atoms with E-state index in [0.29, 0.717) is 23.6 Å². The van der Waals surface area contributed by atoms with Crippen LogP contribution < -0.4 is 0 Å². The molecule has 0 spiro atoms. The zero-order chi connectivity index (χ0) is 20.1. The van der Waals surface area contributed by atoms with Crippen LogP contribution in [0.15, 0.2) is 54.6 Å². The maximum absolute atomic E-state index is 13.2. The minimum Gasteiger partial charge on any atom is -0.461 e. The predicted octanol–water partition coefficient (Wildman–Crippen LogP) is 4.87. The molecule has 2 atom stereocenters. The molecule has 1 aliphatic heterocycles. The van der Waals surface area contributed by atoms with Gasteiger partial charge in [0.1, 0.15) is 11.4 Å². The summed E-state index contributed by atoms with van der Waals surface area (Å²) in [5.74, 6) is 0.0769. The third-order valence-electron chi connectivity index (χ3n) is 4.55. The quantitative estimate of drug-likeness (QED) is 0.629. The number of carbonyl (C=O) groups excluding carboxylic acids is 2. The second-order valence-electron chi connectivity index (χ2n) is 7.00. The van der Waals surface area contributed by atoms with E-state index in [1.165, 1.54) is 0 Å². The number of hydrogen-bond acceptors (Lipinski definition) is 4. The molecule has 1 saturated heterocycles. The number of carbonyl (C=O) groups is 2. The molecule has 0 bridgehead atoms. The Morgan fingerprint density at radius 1 is 1.14 bits per heavy atom. The van der Waals surface area contributed by atoms with Crippen LogP contribution >= 0.6 is 23.4 Å². The molecular weight excluding hydrogens is 394 g/mol. The van der Waals surface area contributed by atoms with Crippen molar-refractivity contribution in [2.75, 3.05) is 5.75 Å². The van der Waals surface area contributed by atoms with Crippen molar-refractivity contribution in [2.45, 2.75) is 44.2 Å². The van der Waals surface area contributed by atoms with Gasteiger partial charge in [-0.1, -0.05) is 60.1 Å². The highest BCUT2D eigenvalue weighted by Gasteiger charge is 2.43. The lowest BCUT2D eigenvalue weighted by atomic mass is 10.1. The fourth-order valence-electron chi connectivity index (χ4n) is 3.24. The second kappa shape index (κ2) is 9.48. The molecular formula is C22H24ClNO3S. The highest BCUT2D eigenvalue weighted by Crippen LogP contribution is 2.44. The summed E-state index contributed by atoms with van der Waals surface area (Å²) < 4.78 is 5.41. The number of rotatable bonds is 6. The fraction of sp³-hybridized carbons (Fsp3) is 0.364. The first-order valence-electron chi connectivity index (χ1n) is 9.39. The van der Waals surface area contributed by atoms with Crippen molar-refractivity contribution < 1.29 is 14.3 Å². The SMILES string of the molecule is CC(C)OC(=O)C1CSC(c2ccccc2Cl)N1C(=O)CCc1ccccc1. The first-order chi connectivity index (χ1) is 13.5. The van der Waals surface area contributed by atoms with Gasteiger partial charge in [-0.05, 0) is 31.9 Å². The maximum Gasteiger partial charge on any atom is 0.330 e. The lowest BCUT2D eigenvalue weighted by Crippen LogP contribution is -2.44. The van der Waals surface area contributed by atoms with Crippen molar-refractivity contribution >= 4 is 35.2 Å². The van der Waals surface area contributed by atoms with Gasteiger partial charge in [0, 0.05) is 22.8 Å². The van der Waals surface area contributed by atoms with Gasteiger partial charge in [0.2, 0.25) is 5.91 Å². The van der Waals surface area contributed by atoms with E-state index in [2.05, 4.69) is 0 Å². The maximum atomic E-state index is 13.2. The Bertz CT molecular complexity index is 828. The summed E-state index contributed by atoms with van der Waals surface area (Å²) in [4.78, 5) is 27.5. The van der Waals surface area contributed by atoms with Gasteiger partial charge in [-0.2, -0.15) is 0 Å². The highest BCUT2D eigenvalue weighted by molar-refractivity contribution is 7.99. The van der Waals surface area contributed by atoms with E-state index in [-0.39, 0.29) is 23.4 Å². The smallest absolute Gasteiger partial charge is 0.330 e. The lowest BCUT2D eigenvalue weighted by molar-refractivity contribution is -0.157. The number of aryl methyl sites for hydroxylation is 1. The first kappa shape index (κ1) is 20.7. The summed E-state index contributed by atoms with van der Waals surface area (Å²) in [7, 11) is 0. The number of hydrogen-bond donors (Lipinski definition) is 0. The average Bonchev–Trinajstić information content (AvgIpc) is 3.12. The summed E-state index contributed by atoms with van der Waals surface area (Å²) in [5, 5.41) is 0.306. The third-order valence-corrected chi connectivity index (χ3v) is 6.20. The Hall–Kier alpha value is -1.98. The average molecular weight is 418 g/mol. The van der Waals surface area contributed by atoms with Crippen LogP contribution in [0.1, 0.15) is 36.8 Å². The molecule has 4 nitrogen and oxygen atoms in total. The summed E-state index contributed by atoms with van der Waals surface area (Å²) in [6.07, 6.45) is 0.733. The van der Waals surface area contributed by atoms with E-state index >= 15 is 0 Å². The lowest BCUT2D eigenvalue weighted by Gasteiger charge is -2.29. The van der Waals surface area contributed by atoms with Crippen molar-refractivity contribution in [2.24, 2.45) is 0 Å². The van der Waals surface area contributed by atoms with Gasteiger partial charge < -0.3 is 9.64 Å². The van der Waals surface area contributed by atoms with E-state index in [1.54, 1.807) is 16.7 Å². The van der Waals surface area contributed by atoms with Crippen LogP contribution in [0.4, 0.5) is 0 Å². The molecule has 1 heterocycles. The van der Waals surface area contributed by atoms with E-state index in [0.717, 1.165) is 11.1 Å². The summed E-state index contributed by atoms with van der Waals surface area (Å²) in [6, 6.07) is 16.8. The van der Waals surface area contributed by atoms with Gasteiger partial charge in [-0.25, -0.2) is 4.79 Å². The van der Waals surface area contributed by atoms with Gasteiger partial charge in [0.25, 0.3) is 0 Å². The summed E-state index contributed by atoms with van der Waals surface area (Å²) in [5.41, 5.74) is 1.94. The van der Waals surface area contributed by atoms with Gasteiger partial charge in [0.15, 0.2) is 0 Å². The van der Waals surface area contributed by atoms with Gasteiger partial charge in [-0.3, -0.25) is 4.79 Å². The Morgan fingerprint density at radius 3 is 2.50 bits per heavy atom. The zero-order valence-corrected chi connectivity index (χ0v) is 17.6. The Kier molecular flexibility index (Phi) is 7.03. The molecule has 3 rings (SSSR count). The Balaban J connectivity index is 1.83. The number of nitrogens with zero attached hydrogens (tertiary/aromatic N) is 1. The molecule has 0 radical (unpaired) electrons. The molecule has 0 aromatic heterocycles. The molecule has 2 aromatic rings. The van der Waals surface area contributed by atoms with Crippen LogP contribution in [-0.4, -0.2) is 34.7 Å². The predicted molar refractivity (Wildman–Crippen MR) is 113 cm³/mol. The van der Waals surface area contributed by atoms with Crippen LogP contribution in [-0.2, 0) is 20.7 Å². The highest BCUT2D eigenvalue weighted by atomic mass is 35.5. The van der Waals surface area contributed by atoms with Crippen molar-refractivity contribution in [3.63, 3.8) is 0 Å². The van der Waals surface area contributed by atoms with Crippen molar-refractivity contribution in [3.05, 3.63) is 70.7 Å². The molecule has 1 amide bonds. The topological polar surface area (TPSA) is 46.6 Å². The Labute approximate surface area is 175 Å². The van der Waals surface area contributed by atoms with Crippen LogP contribution in [0.5, 0.6) is 0 Å². The van der Waals surface area contributed by atoms with Crippen LogP contribution in [0, 0.1) is 0 Å². The van der Waals surface area contributed by atoms with Crippen LogP contribution in [0.2, 0.25) is 5.02 Å². The minimum absolute atomic E-state index is 0.0653. The number of halogens is 1. The molecule has 6 heteroatoms. The third kappa shape index (κ3) is 4.89. The van der Waals surface area contributed by atoms with Crippen LogP contribution in [0.25, 0.3) is 0 Å². The fourth-order valence-corrected chi connectivity index (χ4v) is 5.02. The minimum atomic E-state index is -0.600. The summed E-state index contributed by atoms with van der Waals surface area (Å²) >= 11 is 7.94. The van der Waals surface area contributed by atoms with Gasteiger partial charge in [0.05, 0.1) is 6.10 Å². The number of benzene rings is 2. The Morgan fingerprint density at radius 2 is 1.82 bits per heavy atom. The van der Waals surface area contributed by atoms with E-state index in [4.69, 9.17) is 16.3 Å². The molecule has 0 N–H and O–H groups in total. The first-order valence-corrected chi connectivity index (χ1v) is 10.8. The number of amides is 1. The zero-order valence-electron chi connectivity index (χ0n) is 16.0. The number of esters is 1. The summed E-state index contributed by atoms with van der Waals surface area (Å²) in [6.45, 7) is 3.63. The number of thioether (sulfide) groups is 1. The number of ether oxygens (including phenoxy) is 1. The molecule has 1 fully saturated rings. The van der Waals surface area contributed by atoms with Gasteiger partial charge >= 0.3 is 5.97 Å². The van der Waals surface area contributed by atoms with E-state index in [1.807, 2.05) is 68.4 Å². The molecule has 0 aliphatic carbocycles. The molecule has 0 saturated carbocycles.